The van der Waals surface area contributed by atoms with Crippen LogP contribution in [0, 0.1) is 5.92 Å². The van der Waals surface area contributed by atoms with Gasteiger partial charge in [0.05, 0.1) is 6.10 Å². The third-order valence-electron chi connectivity index (χ3n) is 4.70. The van der Waals surface area contributed by atoms with E-state index in [-0.39, 0.29) is 6.10 Å². The first-order chi connectivity index (χ1) is 9.62. The maximum atomic E-state index is 6.82. The van der Waals surface area contributed by atoms with Gasteiger partial charge in [0, 0.05) is 0 Å². The summed E-state index contributed by atoms with van der Waals surface area (Å²) in [5.41, 5.74) is 1.36. The fourth-order valence-electron chi connectivity index (χ4n) is 3.03. The molecule has 1 aromatic carbocycles. The van der Waals surface area contributed by atoms with Crippen LogP contribution in [0.1, 0.15) is 59.1 Å². The number of hydrogen-bond acceptors (Lipinski definition) is 1. The van der Waals surface area contributed by atoms with Crippen LogP contribution in [0.3, 0.4) is 0 Å². The Morgan fingerprint density at radius 1 is 0.950 bits per heavy atom. The van der Waals surface area contributed by atoms with E-state index in [9.17, 15) is 0 Å². The van der Waals surface area contributed by atoms with Crippen LogP contribution in [-0.2, 0) is 4.43 Å². The minimum atomic E-state index is -1.56. The van der Waals surface area contributed by atoms with Crippen LogP contribution < -0.4 is 0 Å². The number of benzene rings is 1. The zero-order valence-corrected chi connectivity index (χ0v) is 15.0. The van der Waals surface area contributed by atoms with Crippen LogP contribution in [0.15, 0.2) is 30.3 Å². The van der Waals surface area contributed by atoms with Crippen LogP contribution in [0.5, 0.6) is 0 Å². The molecule has 0 aliphatic carbocycles. The van der Waals surface area contributed by atoms with E-state index in [4.69, 9.17) is 4.43 Å². The van der Waals surface area contributed by atoms with Gasteiger partial charge in [0.1, 0.15) is 0 Å². The van der Waals surface area contributed by atoms with Gasteiger partial charge in [-0.3, -0.25) is 0 Å². The van der Waals surface area contributed by atoms with E-state index in [1.54, 1.807) is 0 Å². The Hall–Kier alpha value is -0.603. The summed E-state index contributed by atoms with van der Waals surface area (Å²) in [6.07, 6.45) is 2.75. The Kier molecular flexibility index (Phi) is 7.53. The summed E-state index contributed by atoms with van der Waals surface area (Å²) in [6.45, 7) is 11.5. The molecule has 0 N–H and O–H groups in total. The molecule has 0 aromatic heterocycles. The Labute approximate surface area is 126 Å². The molecule has 0 aliphatic rings. The minimum Gasteiger partial charge on any atom is -0.410 e. The van der Waals surface area contributed by atoms with Crippen molar-refractivity contribution >= 4 is 8.32 Å². The molecular weight excluding hydrogens is 260 g/mol. The second-order valence-corrected chi connectivity index (χ2v) is 10.7. The molecule has 0 spiro atoms. The highest BCUT2D eigenvalue weighted by molar-refractivity contribution is 6.73. The van der Waals surface area contributed by atoms with Gasteiger partial charge in [-0.1, -0.05) is 71.4 Å². The molecule has 0 unspecified atom stereocenters. The van der Waals surface area contributed by atoms with Gasteiger partial charge in [-0.25, -0.2) is 0 Å². The van der Waals surface area contributed by atoms with Crippen molar-refractivity contribution in [3.05, 3.63) is 35.9 Å². The summed E-state index contributed by atoms with van der Waals surface area (Å²) < 4.78 is 6.82. The Morgan fingerprint density at radius 2 is 1.50 bits per heavy atom. The highest BCUT2D eigenvalue weighted by Gasteiger charge is 2.34. The zero-order valence-electron chi connectivity index (χ0n) is 14.0. The summed E-state index contributed by atoms with van der Waals surface area (Å²) >= 11 is 0. The number of rotatable bonds is 9. The van der Waals surface area contributed by atoms with Gasteiger partial charge in [0.2, 0.25) is 0 Å². The molecule has 2 atom stereocenters. The summed E-state index contributed by atoms with van der Waals surface area (Å²) in [5.74, 6) is 0.596. The Balaban J connectivity index is 2.99. The molecule has 2 heteroatoms. The van der Waals surface area contributed by atoms with Crippen molar-refractivity contribution < 1.29 is 4.43 Å². The fraction of sp³-hybridized carbons (Fsp3) is 0.667. The van der Waals surface area contributed by atoms with Crippen molar-refractivity contribution in [3.63, 3.8) is 0 Å². The zero-order chi connectivity index (χ0) is 15.0. The van der Waals surface area contributed by atoms with Crippen molar-refractivity contribution in [1.29, 1.82) is 0 Å². The van der Waals surface area contributed by atoms with E-state index >= 15 is 0 Å². The summed E-state index contributed by atoms with van der Waals surface area (Å²) in [7, 11) is -1.56. The smallest absolute Gasteiger partial charge is 0.192 e. The lowest BCUT2D eigenvalue weighted by Crippen LogP contribution is -2.38. The van der Waals surface area contributed by atoms with Gasteiger partial charge >= 0.3 is 0 Å². The van der Waals surface area contributed by atoms with E-state index in [1.165, 1.54) is 36.5 Å². The van der Waals surface area contributed by atoms with E-state index in [0.717, 1.165) is 0 Å². The molecule has 1 aromatic rings. The van der Waals surface area contributed by atoms with Crippen molar-refractivity contribution in [1.82, 2.24) is 0 Å². The molecule has 1 nitrogen and oxygen atoms in total. The molecule has 0 heterocycles. The molecule has 20 heavy (non-hydrogen) atoms. The second-order valence-electron chi connectivity index (χ2n) is 5.96. The molecule has 1 rings (SSSR count). The third-order valence-corrected chi connectivity index (χ3v) is 9.32. The second kappa shape index (κ2) is 8.63. The fourth-order valence-corrected chi connectivity index (χ4v) is 5.94. The van der Waals surface area contributed by atoms with Gasteiger partial charge < -0.3 is 4.43 Å². The van der Waals surface area contributed by atoms with Crippen molar-refractivity contribution in [2.75, 3.05) is 0 Å². The topological polar surface area (TPSA) is 9.23 Å². The van der Waals surface area contributed by atoms with Crippen LogP contribution in [-0.4, -0.2) is 8.32 Å². The predicted molar refractivity (Wildman–Crippen MR) is 91.5 cm³/mol. The maximum absolute atomic E-state index is 6.82. The van der Waals surface area contributed by atoms with Gasteiger partial charge in [0.25, 0.3) is 0 Å². The molecular formula is C18H32OSi. The van der Waals surface area contributed by atoms with Gasteiger partial charge in [-0.05, 0) is 36.0 Å². The van der Waals surface area contributed by atoms with Crippen molar-refractivity contribution in [2.45, 2.75) is 71.7 Å². The van der Waals surface area contributed by atoms with Crippen LogP contribution in [0.25, 0.3) is 0 Å². The third kappa shape index (κ3) is 4.46. The average Bonchev–Trinajstić information content (AvgIpc) is 2.50. The quantitative estimate of drug-likeness (QED) is 0.493. The highest BCUT2D eigenvalue weighted by Crippen LogP contribution is 2.35. The van der Waals surface area contributed by atoms with E-state index in [0.29, 0.717) is 5.92 Å². The van der Waals surface area contributed by atoms with Crippen molar-refractivity contribution in [2.24, 2.45) is 5.92 Å². The first-order valence-electron chi connectivity index (χ1n) is 8.35. The lowest BCUT2D eigenvalue weighted by atomic mass is 9.94. The van der Waals surface area contributed by atoms with Crippen LogP contribution in [0.2, 0.25) is 18.1 Å². The average molecular weight is 293 g/mol. The lowest BCUT2D eigenvalue weighted by molar-refractivity contribution is 0.125. The molecule has 0 amide bonds. The maximum Gasteiger partial charge on any atom is 0.192 e. The molecule has 0 fully saturated rings. The Bertz CT molecular complexity index is 351. The van der Waals surface area contributed by atoms with Gasteiger partial charge in [0.15, 0.2) is 8.32 Å². The first-order valence-corrected chi connectivity index (χ1v) is 10.9. The molecule has 0 saturated heterocycles. The summed E-state index contributed by atoms with van der Waals surface area (Å²) in [6, 6.07) is 14.5. The number of hydrogen-bond donors (Lipinski definition) is 0. The highest BCUT2D eigenvalue weighted by atomic mass is 28.4. The standard InChI is InChI=1S/C18H32OSi/c1-6-13-16(5)18(17-14-11-10-12-15-17)19-20(7-2,8-3)9-4/h10-12,14-16,18H,6-9,13H2,1-5H3/t16-,18+/m1/s1. The minimum absolute atomic E-state index is 0.280. The van der Waals surface area contributed by atoms with E-state index < -0.39 is 8.32 Å². The monoisotopic (exact) mass is 292 g/mol. The van der Waals surface area contributed by atoms with E-state index in [1.807, 2.05) is 0 Å². The van der Waals surface area contributed by atoms with Crippen LogP contribution >= 0.6 is 0 Å². The Morgan fingerprint density at radius 3 is 1.95 bits per heavy atom. The molecule has 114 valence electrons. The molecule has 0 radical (unpaired) electrons. The summed E-state index contributed by atoms with van der Waals surface area (Å²) in [4.78, 5) is 0. The molecule has 0 bridgehead atoms. The van der Waals surface area contributed by atoms with Gasteiger partial charge in [-0.2, -0.15) is 0 Å². The molecule has 0 aliphatic heterocycles. The largest absolute Gasteiger partial charge is 0.410 e. The summed E-state index contributed by atoms with van der Waals surface area (Å²) in [5, 5.41) is 0. The lowest BCUT2D eigenvalue weighted by Gasteiger charge is -2.36. The SMILES string of the molecule is CCC[C@@H](C)[C@H](O[Si](CC)(CC)CC)c1ccccc1. The van der Waals surface area contributed by atoms with Crippen molar-refractivity contribution in [3.8, 4) is 0 Å². The predicted octanol–water partition coefficient (Wildman–Crippen LogP) is 6.19. The normalized spacial score (nSPS) is 15.1. The first kappa shape index (κ1) is 17.4. The van der Waals surface area contributed by atoms with E-state index in [2.05, 4.69) is 65.0 Å². The van der Waals surface area contributed by atoms with Gasteiger partial charge in [-0.15, -0.1) is 0 Å². The van der Waals surface area contributed by atoms with Crippen LogP contribution in [0.4, 0.5) is 0 Å². The molecule has 0 saturated carbocycles.